The van der Waals surface area contributed by atoms with E-state index in [0.717, 1.165) is 23.7 Å². The summed E-state index contributed by atoms with van der Waals surface area (Å²) < 4.78 is 1.77. The zero-order chi connectivity index (χ0) is 18.9. The summed E-state index contributed by atoms with van der Waals surface area (Å²) in [5.41, 5.74) is 2.69. The molecule has 0 unspecified atom stereocenters. The monoisotopic (exact) mass is 382 g/mol. The Morgan fingerprint density at radius 3 is 2.59 bits per heavy atom. The van der Waals surface area contributed by atoms with Crippen LogP contribution in [0, 0.1) is 13.8 Å². The molecule has 0 radical (unpaired) electrons. The van der Waals surface area contributed by atoms with Crippen LogP contribution in [-0.2, 0) is 10.3 Å². The molecule has 3 aromatic rings. The maximum absolute atomic E-state index is 13.2. The second kappa shape index (κ2) is 7.21. The van der Waals surface area contributed by atoms with Gasteiger partial charge >= 0.3 is 0 Å². The predicted octanol–water partition coefficient (Wildman–Crippen LogP) is 2.74. The Labute approximate surface area is 161 Å². The van der Waals surface area contributed by atoms with Crippen molar-refractivity contribution in [1.29, 1.82) is 0 Å². The Morgan fingerprint density at radius 2 is 1.93 bits per heavy atom. The Balaban J connectivity index is 1.58. The zero-order valence-electron chi connectivity index (χ0n) is 15.4. The average molecular weight is 382 g/mol. The van der Waals surface area contributed by atoms with Crippen molar-refractivity contribution in [3.63, 3.8) is 0 Å². The summed E-state index contributed by atoms with van der Waals surface area (Å²) in [6.07, 6.45) is 4.93. The molecular formula is C19H22N6OS. The van der Waals surface area contributed by atoms with Crippen LogP contribution in [0.25, 0.3) is 10.6 Å². The maximum atomic E-state index is 13.2. The highest BCUT2D eigenvalue weighted by molar-refractivity contribution is 7.18. The topological polar surface area (TPSA) is 84.7 Å². The Bertz CT molecular complexity index is 923. The van der Waals surface area contributed by atoms with Crippen LogP contribution in [0.5, 0.6) is 0 Å². The van der Waals surface area contributed by atoms with Gasteiger partial charge in [-0.15, -0.1) is 10.2 Å². The fourth-order valence-corrected chi connectivity index (χ4v) is 4.35. The molecule has 0 bridgehead atoms. The third kappa shape index (κ3) is 3.50. The minimum Gasteiger partial charge on any atom is -0.317 e. The first-order chi connectivity index (χ1) is 13.1. The number of nitrogens with zero attached hydrogens (tertiary/aromatic N) is 4. The van der Waals surface area contributed by atoms with Gasteiger partial charge in [0.25, 0.3) is 5.91 Å². The summed E-state index contributed by atoms with van der Waals surface area (Å²) in [5, 5.41) is 20.4. The van der Waals surface area contributed by atoms with Gasteiger partial charge in [-0.2, -0.15) is 5.10 Å². The first-order valence-corrected chi connectivity index (χ1v) is 9.83. The molecule has 8 heteroatoms. The number of rotatable bonds is 4. The lowest BCUT2D eigenvalue weighted by Gasteiger charge is -2.36. The molecule has 2 aromatic heterocycles. The van der Waals surface area contributed by atoms with Gasteiger partial charge in [0, 0.05) is 18.0 Å². The van der Waals surface area contributed by atoms with Crippen LogP contribution in [0.4, 0.5) is 5.13 Å². The van der Waals surface area contributed by atoms with Crippen molar-refractivity contribution in [3.05, 3.63) is 47.8 Å². The molecule has 2 N–H and O–H groups in total. The maximum Gasteiger partial charge on any atom is 0.254 e. The molecule has 4 rings (SSSR count). The van der Waals surface area contributed by atoms with Gasteiger partial charge < -0.3 is 5.32 Å². The molecule has 1 aromatic carbocycles. The van der Waals surface area contributed by atoms with E-state index in [0.29, 0.717) is 18.0 Å². The number of aromatic nitrogens is 4. The highest BCUT2D eigenvalue weighted by atomic mass is 32.1. The number of carbonyl (C=O) groups excluding carboxylic acids is 1. The van der Waals surface area contributed by atoms with Crippen LogP contribution < -0.4 is 10.6 Å². The van der Waals surface area contributed by atoms with Gasteiger partial charge in [-0.3, -0.25) is 14.8 Å². The number of anilines is 1. The van der Waals surface area contributed by atoms with E-state index in [4.69, 9.17) is 0 Å². The molecule has 0 saturated carbocycles. The number of carbonyl (C=O) groups is 1. The zero-order valence-corrected chi connectivity index (χ0v) is 16.2. The fraction of sp³-hybridized carbons (Fsp3) is 0.368. The van der Waals surface area contributed by atoms with E-state index in [-0.39, 0.29) is 5.91 Å². The van der Waals surface area contributed by atoms with E-state index in [1.54, 1.807) is 10.9 Å². The Hall–Kier alpha value is -2.58. The summed E-state index contributed by atoms with van der Waals surface area (Å²) in [7, 11) is 0. The number of hydrogen-bond donors (Lipinski definition) is 2. The van der Waals surface area contributed by atoms with Gasteiger partial charge in [0.1, 0.15) is 10.5 Å². The quantitative estimate of drug-likeness (QED) is 0.725. The van der Waals surface area contributed by atoms with E-state index >= 15 is 0 Å². The van der Waals surface area contributed by atoms with Crippen molar-refractivity contribution in [2.24, 2.45) is 0 Å². The molecule has 3 heterocycles. The first kappa shape index (κ1) is 17.8. The van der Waals surface area contributed by atoms with E-state index in [2.05, 4.69) is 58.0 Å². The van der Waals surface area contributed by atoms with Gasteiger partial charge in [0.05, 0.1) is 0 Å². The molecule has 0 spiro atoms. The van der Waals surface area contributed by atoms with Crippen LogP contribution in [0.1, 0.15) is 24.0 Å². The molecule has 0 atom stereocenters. The van der Waals surface area contributed by atoms with Crippen molar-refractivity contribution >= 4 is 22.4 Å². The molecular weight excluding hydrogens is 360 g/mol. The Kier molecular flexibility index (Phi) is 4.75. The molecule has 7 nitrogen and oxygen atoms in total. The van der Waals surface area contributed by atoms with Crippen LogP contribution in [0.2, 0.25) is 0 Å². The lowest BCUT2D eigenvalue weighted by atomic mass is 9.87. The van der Waals surface area contributed by atoms with Crippen LogP contribution >= 0.6 is 11.3 Å². The van der Waals surface area contributed by atoms with E-state index in [1.165, 1.54) is 22.5 Å². The summed E-state index contributed by atoms with van der Waals surface area (Å²) in [6, 6.07) is 8.13. The summed E-state index contributed by atoms with van der Waals surface area (Å²) in [4.78, 5) is 13.2. The van der Waals surface area contributed by atoms with Crippen molar-refractivity contribution < 1.29 is 4.79 Å². The highest BCUT2D eigenvalue weighted by Gasteiger charge is 2.42. The smallest absolute Gasteiger partial charge is 0.254 e. The Morgan fingerprint density at radius 1 is 1.19 bits per heavy atom. The lowest BCUT2D eigenvalue weighted by Crippen LogP contribution is -2.52. The standard InChI is InChI=1S/C19H22N6OS/c1-13-10-14(2)12-15(11-13)16-23-24-18(27-16)22-17(26)19(4-7-20-8-5-19)25-9-3-6-21-25/h3,6,9-12,20H,4-5,7-8H2,1-2H3,(H,22,24,26). The number of amides is 1. The number of benzene rings is 1. The molecule has 1 amide bonds. The summed E-state index contributed by atoms with van der Waals surface area (Å²) >= 11 is 1.39. The van der Waals surface area contributed by atoms with E-state index in [9.17, 15) is 4.79 Å². The molecule has 0 aliphatic carbocycles. The van der Waals surface area contributed by atoms with Crippen molar-refractivity contribution in [1.82, 2.24) is 25.3 Å². The number of aryl methyl sites for hydroxylation is 2. The third-order valence-corrected chi connectivity index (χ3v) is 5.80. The van der Waals surface area contributed by atoms with Crippen LogP contribution in [-0.4, -0.2) is 39.0 Å². The van der Waals surface area contributed by atoms with Crippen LogP contribution in [0.3, 0.4) is 0 Å². The number of nitrogens with one attached hydrogen (secondary N) is 2. The first-order valence-electron chi connectivity index (χ1n) is 9.01. The molecule has 1 fully saturated rings. The minimum atomic E-state index is -0.694. The normalized spacial score (nSPS) is 16.2. The van der Waals surface area contributed by atoms with E-state index in [1.807, 2.05) is 12.3 Å². The second-order valence-corrected chi connectivity index (χ2v) is 7.95. The molecule has 140 valence electrons. The summed E-state index contributed by atoms with van der Waals surface area (Å²) in [6.45, 7) is 5.67. The largest absolute Gasteiger partial charge is 0.317 e. The van der Waals surface area contributed by atoms with Crippen molar-refractivity contribution in [3.8, 4) is 10.6 Å². The molecule has 27 heavy (non-hydrogen) atoms. The van der Waals surface area contributed by atoms with Crippen molar-refractivity contribution in [2.75, 3.05) is 18.4 Å². The highest BCUT2D eigenvalue weighted by Crippen LogP contribution is 2.31. The predicted molar refractivity (Wildman–Crippen MR) is 106 cm³/mol. The number of piperidine rings is 1. The van der Waals surface area contributed by atoms with Gasteiger partial charge in [-0.05, 0) is 58.0 Å². The molecule has 1 aliphatic rings. The van der Waals surface area contributed by atoms with Crippen molar-refractivity contribution in [2.45, 2.75) is 32.2 Å². The van der Waals surface area contributed by atoms with Gasteiger partial charge in [0.15, 0.2) is 0 Å². The van der Waals surface area contributed by atoms with E-state index < -0.39 is 5.54 Å². The van der Waals surface area contributed by atoms with Crippen LogP contribution in [0.15, 0.2) is 36.7 Å². The lowest BCUT2D eigenvalue weighted by molar-refractivity contribution is -0.126. The van der Waals surface area contributed by atoms with Gasteiger partial charge in [0.2, 0.25) is 5.13 Å². The summed E-state index contributed by atoms with van der Waals surface area (Å²) in [5.74, 6) is -0.0872. The SMILES string of the molecule is Cc1cc(C)cc(-c2nnc(NC(=O)C3(n4cccn4)CCNCC3)s2)c1. The second-order valence-electron chi connectivity index (χ2n) is 6.98. The van der Waals surface area contributed by atoms with Gasteiger partial charge in [-0.1, -0.05) is 28.5 Å². The molecule has 1 aliphatic heterocycles. The van der Waals surface area contributed by atoms with Gasteiger partial charge in [-0.25, -0.2) is 0 Å². The third-order valence-electron chi connectivity index (χ3n) is 4.91. The minimum absolute atomic E-state index is 0.0872. The fourth-order valence-electron chi connectivity index (χ4n) is 3.62. The molecule has 1 saturated heterocycles. The number of hydrogen-bond acceptors (Lipinski definition) is 6. The average Bonchev–Trinajstić information content (AvgIpc) is 3.34.